The number of nitrogens with two attached hydrogens (primary N) is 1. The maximum Gasteiger partial charge on any atom is 0.268 e. The molecule has 0 saturated heterocycles. The fourth-order valence-electron chi connectivity index (χ4n) is 2.90. The number of benzene rings is 1. The van der Waals surface area contributed by atoms with Gasteiger partial charge in [0.15, 0.2) is 0 Å². The molecule has 0 aliphatic rings. The second kappa shape index (κ2) is 6.26. The third-order valence-electron chi connectivity index (χ3n) is 4.18. The zero-order chi connectivity index (χ0) is 16.4. The highest BCUT2D eigenvalue weighted by molar-refractivity contribution is 5.90. The lowest BCUT2D eigenvalue weighted by Crippen LogP contribution is -2.15. The summed E-state index contributed by atoms with van der Waals surface area (Å²) < 4.78 is 3.94. The van der Waals surface area contributed by atoms with Crippen LogP contribution in [0.2, 0.25) is 0 Å². The summed E-state index contributed by atoms with van der Waals surface area (Å²) >= 11 is 0. The Hall–Kier alpha value is -2.60. The Morgan fingerprint density at radius 2 is 2.13 bits per heavy atom. The molecule has 0 spiro atoms. The standard InChI is InChI=1S/C17H20N4O2/c1-12-8-20(16-5-3-2-4-14(12)16)7-6-13(10-22)21-9-15(17(18)23)19-11-21/h2-5,8-9,11,13,22H,6-7,10H2,1H3,(H2,18,23)/t13-/m1/s1. The number of aliphatic hydroxyl groups is 1. The molecule has 3 rings (SSSR count). The number of nitrogens with zero attached hydrogens (tertiary/aromatic N) is 3. The number of para-hydroxylation sites is 1. The van der Waals surface area contributed by atoms with Gasteiger partial charge in [0.05, 0.1) is 19.0 Å². The van der Waals surface area contributed by atoms with Crippen molar-refractivity contribution in [1.29, 1.82) is 0 Å². The van der Waals surface area contributed by atoms with Crippen LogP contribution in [0, 0.1) is 6.92 Å². The average Bonchev–Trinajstić information content (AvgIpc) is 3.15. The maximum atomic E-state index is 11.1. The Bertz CT molecular complexity index is 834. The molecule has 120 valence electrons. The van der Waals surface area contributed by atoms with E-state index in [-0.39, 0.29) is 18.3 Å². The van der Waals surface area contributed by atoms with E-state index in [1.54, 1.807) is 17.1 Å². The highest BCUT2D eigenvalue weighted by Gasteiger charge is 2.14. The fourth-order valence-corrected chi connectivity index (χ4v) is 2.90. The Morgan fingerprint density at radius 1 is 1.35 bits per heavy atom. The van der Waals surface area contributed by atoms with Gasteiger partial charge in [-0.2, -0.15) is 0 Å². The van der Waals surface area contributed by atoms with Crippen LogP contribution in [-0.4, -0.2) is 31.7 Å². The average molecular weight is 312 g/mol. The van der Waals surface area contributed by atoms with Gasteiger partial charge in [0.2, 0.25) is 0 Å². The monoisotopic (exact) mass is 312 g/mol. The van der Waals surface area contributed by atoms with Crippen molar-refractivity contribution < 1.29 is 9.90 Å². The van der Waals surface area contributed by atoms with Crippen molar-refractivity contribution in [2.24, 2.45) is 5.73 Å². The molecule has 0 aliphatic heterocycles. The molecule has 2 heterocycles. The number of aromatic nitrogens is 3. The summed E-state index contributed by atoms with van der Waals surface area (Å²) in [6.07, 6.45) is 5.98. The van der Waals surface area contributed by atoms with Crippen LogP contribution < -0.4 is 5.73 Å². The molecule has 0 radical (unpaired) electrons. The number of rotatable bonds is 6. The molecule has 0 bridgehead atoms. The summed E-state index contributed by atoms with van der Waals surface area (Å²) in [6, 6.07) is 8.12. The minimum Gasteiger partial charge on any atom is -0.394 e. The third-order valence-corrected chi connectivity index (χ3v) is 4.18. The summed E-state index contributed by atoms with van der Waals surface area (Å²) in [4.78, 5) is 15.1. The summed E-state index contributed by atoms with van der Waals surface area (Å²) in [6.45, 7) is 2.84. The zero-order valence-corrected chi connectivity index (χ0v) is 13.0. The second-order valence-corrected chi connectivity index (χ2v) is 5.72. The van der Waals surface area contributed by atoms with Crippen LogP contribution in [0.15, 0.2) is 43.0 Å². The van der Waals surface area contributed by atoms with Gasteiger partial charge in [-0.15, -0.1) is 0 Å². The van der Waals surface area contributed by atoms with Gasteiger partial charge in [0, 0.05) is 29.8 Å². The minimum absolute atomic E-state index is 0.0211. The van der Waals surface area contributed by atoms with Crippen LogP contribution in [0.3, 0.4) is 0 Å². The van der Waals surface area contributed by atoms with Crippen molar-refractivity contribution in [3.8, 4) is 0 Å². The highest BCUT2D eigenvalue weighted by atomic mass is 16.3. The van der Waals surface area contributed by atoms with Crippen molar-refractivity contribution in [2.75, 3.05) is 6.61 Å². The smallest absolute Gasteiger partial charge is 0.268 e. The molecule has 0 aliphatic carbocycles. The second-order valence-electron chi connectivity index (χ2n) is 5.72. The topological polar surface area (TPSA) is 86.1 Å². The molecular weight excluding hydrogens is 292 g/mol. The third kappa shape index (κ3) is 2.98. The predicted octanol–water partition coefficient (Wildman–Crippen LogP) is 1.87. The van der Waals surface area contributed by atoms with Gasteiger partial charge in [-0.1, -0.05) is 18.2 Å². The summed E-state index contributed by atoms with van der Waals surface area (Å²) in [7, 11) is 0. The number of carbonyl (C=O) groups is 1. The first-order valence-corrected chi connectivity index (χ1v) is 7.58. The van der Waals surface area contributed by atoms with Crippen molar-refractivity contribution in [3.05, 3.63) is 54.2 Å². The lowest BCUT2D eigenvalue weighted by atomic mass is 10.2. The fraction of sp³-hybridized carbons (Fsp3) is 0.294. The first-order chi connectivity index (χ1) is 11.1. The van der Waals surface area contributed by atoms with Gasteiger partial charge in [-0.3, -0.25) is 4.79 Å². The normalized spacial score (nSPS) is 12.6. The Morgan fingerprint density at radius 3 is 2.83 bits per heavy atom. The van der Waals surface area contributed by atoms with E-state index in [1.807, 2.05) is 12.1 Å². The molecule has 1 atom stereocenters. The van der Waals surface area contributed by atoms with Gasteiger partial charge in [0.1, 0.15) is 5.69 Å². The lowest BCUT2D eigenvalue weighted by Gasteiger charge is -2.16. The van der Waals surface area contributed by atoms with E-state index < -0.39 is 5.91 Å². The molecular formula is C17H20N4O2. The number of aryl methyl sites for hydroxylation is 2. The van der Waals surface area contributed by atoms with Crippen LogP contribution >= 0.6 is 0 Å². The molecule has 23 heavy (non-hydrogen) atoms. The number of aliphatic hydroxyl groups excluding tert-OH is 1. The van der Waals surface area contributed by atoms with E-state index in [0.717, 1.165) is 13.0 Å². The van der Waals surface area contributed by atoms with Crippen molar-refractivity contribution >= 4 is 16.8 Å². The van der Waals surface area contributed by atoms with Crippen molar-refractivity contribution in [2.45, 2.75) is 25.9 Å². The number of amides is 1. The SMILES string of the molecule is Cc1cn(CC[C@H](CO)n2cnc(C(N)=O)c2)c2ccccc12. The van der Waals surface area contributed by atoms with Crippen LogP contribution in [0.1, 0.15) is 28.5 Å². The van der Waals surface area contributed by atoms with Crippen LogP contribution in [0.5, 0.6) is 0 Å². The number of hydrogen-bond acceptors (Lipinski definition) is 3. The van der Waals surface area contributed by atoms with E-state index in [2.05, 4.69) is 34.8 Å². The van der Waals surface area contributed by atoms with Gasteiger partial charge >= 0.3 is 0 Å². The number of hydrogen-bond donors (Lipinski definition) is 2. The minimum atomic E-state index is -0.563. The number of primary amides is 1. The molecule has 1 amide bonds. The summed E-state index contributed by atoms with van der Waals surface area (Å²) in [5.74, 6) is -0.563. The largest absolute Gasteiger partial charge is 0.394 e. The number of fused-ring (bicyclic) bond motifs is 1. The first kappa shape index (κ1) is 15.3. The van der Waals surface area contributed by atoms with E-state index in [0.29, 0.717) is 0 Å². The van der Waals surface area contributed by atoms with E-state index in [4.69, 9.17) is 5.73 Å². The first-order valence-electron chi connectivity index (χ1n) is 7.58. The molecule has 1 aromatic carbocycles. The molecule has 3 aromatic rings. The molecule has 0 unspecified atom stereocenters. The lowest BCUT2D eigenvalue weighted by molar-refractivity contribution is 0.0995. The van der Waals surface area contributed by atoms with E-state index >= 15 is 0 Å². The van der Waals surface area contributed by atoms with Crippen LogP contribution in [0.4, 0.5) is 0 Å². The highest BCUT2D eigenvalue weighted by Crippen LogP contribution is 2.22. The molecule has 2 aromatic heterocycles. The predicted molar refractivity (Wildman–Crippen MR) is 88.2 cm³/mol. The summed E-state index contributed by atoms with van der Waals surface area (Å²) in [5, 5.41) is 10.9. The Kier molecular flexibility index (Phi) is 4.16. The van der Waals surface area contributed by atoms with Crippen LogP contribution in [-0.2, 0) is 6.54 Å². The number of imidazole rings is 1. The van der Waals surface area contributed by atoms with E-state index in [1.165, 1.54) is 16.5 Å². The quantitative estimate of drug-likeness (QED) is 0.728. The molecule has 3 N–H and O–H groups in total. The Labute approximate surface area is 134 Å². The molecule has 6 heteroatoms. The Balaban J connectivity index is 1.78. The van der Waals surface area contributed by atoms with Gasteiger partial charge < -0.3 is 20.0 Å². The number of carbonyl (C=O) groups excluding carboxylic acids is 1. The van der Waals surface area contributed by atoms with Crippen molar-refractivity contribution in [3.63, 3.8) is 0 Å². The molecule has 0 fully saturated rings. The van der Waals surface area contributed by atoms with Gasteiger partial charge in [0.25, 0.3) is 5.91 Å². The van der Waals surface area contributed by atoms with Gasteiger partial charge in [-0.05, 0) is 25.0 Å². The van der Waals surface area contributed by atoms with Crippen LogP contribution in [0.25, 0.3) is 10.9 Å². The summed E-state index contributed by atoms with van der Waals surface area (Å²) in [5.41, 5.74) is 7.85. The molecule has 6 nitrogen and oxygen atoms in total. The zero-order valence-electron chi connectivity index (χ0n) is 13.0. The van der Waals surface area contributed by atoms with E-state index in [9.17, 15) is 9.90 Å². The maximum absolute atomic E-state index is 11.1. The van der Waals surface area contributed by atoms with Crippen molar-refractivity contribution in [1.82, 2.24) is 14.1 Å². The molecule has 0 saturated carbocycles. The van der Waals surface area contributed by atoms with Gasteiger partial charge in [-0.25, -0.2) is 4.98 Å².